The van der Waals surface area contributed by atoms with Crippen LogP contribution in [-0.2, 0) is 6.42 Å². The predicted molar refractivity (Wildman–Crippen MR) is 70.3 cm³/mol. The standard InChI is InChI=1S/C14H13N3O/c18-14(12-6-2-1-3-7-12)17-16-11-9-13-8-4-5-10-15-13/h1-8,10-11H,9H2,(H,17,18). The van der Waals surface area contributed by atoms with Crippen molar-refractivity contribution >= 4 is 12.1 Å². The molecule has 1 amide bonds. The lowest BCUT2D eigenvalue weighted by atomic mass is 10.2. The molecule has 0 aliphatic carbocycles. The second-order valence-corrected chi connectivity index (χ2v) is 3.64. The van der Waals surface area contributed by atoms with Gasteiger partial charge in [0.1, 0.15) is 0 Å². The molecule has 1 N–H and O–H groups in total. The lowest BCUT2D eigenvalue weighted by Crippen LogP contribution is -2.17. The van der Waals surface area contributed by atoms with Gasteiger partial charge in [-0.1, -0.05) is 24.3 Å². The maximum Gasteiger partial charge on any atom is 0.271 e. The molecule has 2 rings (SSSR count). The molecule has 0 radical (unpaired) electrons. The Morgan fingerprint density at radius 3 is 2.67 bits per heavy atom. The Bertz CT molecular complexity index is 523. The molecule has 0 aliphatic heterocycles. The van der Waals surface area contributed by atoms with Crippen molar-refractivity contribution in [1.29, 1.82) is 0 Å². The van der Waals surface area contributed by atoms with Crippen LogP contribution in [0.3, 0.4) is 0 Å². The summed E-state index contributed by atoms with van der Waals surface area (Å²) in [4.78, 5) is 15.8. The largest absolute Gasteiger partial charge is 0.271 e. The van der Waals surface area contributed by atoms with Crippen LogP contribution in [-0.4, -0.2) is 17.1 Å². The van der Waals surface area contributed by atoms with E-state index in [1.165, 1.54) is 0 Å². The van der Waals surface area contributed by atoms with Crippen molar-refractivity contribution in [3.8, 4) is 0 Å². The molecule has 0 spiro atoms. The fourth-order valence-corrected chi connectivity index (χ4v) is 1.42. The minimum Gasteiger partial charge on any atom is -0.267 e. The smallest absolute Gasteiger partial charge is 0.267 e. The summed E-state index contributed by atoms with van der Waals surface area (Å²) in [5.41, 5.74) is 3.97. The Morgan fingerprint density at radius 1 is 1.17 bits per heavy atom. The number of benzene rings is 1. The average Bonchev–Trinajstić information content (AvgIpc) is 2.45. The van der Waals surface area contributed by atoms with Gasteiger partial charge in [0.25, 0.3) is 5.91 Å². The molecule has 1 aromatic carbocycles. The monoisotopic (exact) mass is 239 g/mol. The number of hydrogen-bond acceptors (Lipinski definition) is 3. The summed E-state index contributed by atoms with van der Waals surface area (Å²) in [5, 5.41) is 3.88. The molecule has 1 heterocycles. The van der Waals surface area contributed by atoms with Gasteiger partial charge >= 0.3 is 0 Å². The zero-order valence-electron chi connectivity index (χ0n) is 9.78. The van der Waals surface area contributed by atoms with E-state index in [9.17, 15) is 4.79 Å². The van der Waals surface area contributed by atoms with Gasteiger partial charge in [0.15, 0.2) is 0 Å². The van der Waals surface area contributed by atoms with Crippen molar-refractivity contribution < 1.29 is 4.79 Å². The Morgan fingerprint density at radius 2 is 1.94 bits per heavy atom. The summed E-state index contributed by atoms with van der Waals surface area (Å²) in [6.07, 6.45) is 3.95. The van der Waals surface area contributed by atoms with Gasteiger partial charge in [0, 0.05) is 30.1 Å². The lowest BCUT2D eigenvalue weighted by Gasteiger charge is -1.98. The van der Waals surface area contributed by atoms with Crippen LogP contribution >= 0.6 is 0 Å². The van der Waals surface area contributed by atoms with Gasteiger partial charge < -0.3 is 0 Å². The number of aromatic nitrogens is 1. The summed E-state index contributed by atoms with van der Waals surface area (Å²) < 4.78 is 0. The first kappa shape index (κ1) is 12.0. The van der Waals surface area contributed by atoms with E-state index in [0.29, 0.717) is 12.0 Å². The molecule has 0 aliphatic rings. The first-order valence-electron chi connectivity index (χ1n) is 5.63. The van der Waals surface area contributed by atoms with Crippen molar-refractivity contribution in [2.45, 2.75) is 6.42 Å². The van der Waals surface area contributed by atoms with Gasteiger partial charge in [-0.3, -0.25) is 9.78 Å². The summed E-state index contributed by atoms with van der Waals surface area (Å²) in [6.45, 7) is 0. The third kappa shape index (κ3) is 3.52. The van der Waals surface area contributed by atoms with Gasteiger partial charge in [0.2, 0.25) is 0 Å². The summed E-state index contributed by atoms with van der Waals surface area (Å²) in [7, 11) is 0. The van der Waals surface area contributed by atoms with Gasteiger partial charge in [0.05, 0.1) is 0 Å². The summed E-state index contributed by atoms with van der Waals surface area (Å²) in [6, 6.07) is 14.6. The highest BCUT2D eigenvalue weighted by Crippen LogP contribution is 1.97. The molecule has 0 saturated heterocycles. The molecule has 0 unspecified atom stereocenters. The molecule has 0 bridgehead atoms. The van der Waals surface area contributed by atoms with Crippen LogP contribution in [0.4, 0.5) is 0 Å². The van der Waals surface area contributed by atoms with Crippen LogP contribution in [0.5, 0.6) is 0 Å². The van der Waals surface area contributed by atoms with E-state index in [2.05, 4.69) is 15.5 Å². The molecular formula is C14H13N3O. The van der Waals surface area contributed by atoms with Crippen LogP contribution < -0.4 is 5.43 Å². The average molecular weight is 239 g/mol. The Labute approximate surface area is 105 Å². The highest BCUT2D eigenvalue weighted by atomic mass is 16.2. The van der Waals surface area contributed by atoms with E-state index in [0.717, 1.165) is 5.69 Å². The molecule has 4 nitrogen and oxygen atoms in total. The van der Waals surface area contributed by atoms with E-state index in [1.54, 1.807) is 24.5 Å². The van der Waals surface area contributed by atoms with Crippen molar-refractivity contribution in [1.82, 2.24) is 10.4 Å². The first-order chi connectivity index (χ1) is 8.86. The van der Waals surface area contributed by atoms with Crippen molar-refractivity contribution in [2.75, 3.05) is 0 Å². The van der Waals surface area contributed by atoms with Crippen LogP contribution in [0.25, 0.3) is 0 Å². The fraction of sp³-hybridized carbons (Fsp3) is 0.0714. The normalized spacial score (nSPS) is 10.4. The zero-order valence-corrected chi connectivity index (χ0v) is 9.78. The van der Waals surface area contributed by atoms with Crippen LogP contribution in [0.2, 0.25) is 0 Å². The number of rotatable bonds is 4. The van der Waals surface area contributed by atoms with Gasteiger partial charge in [-0.2, -0.15) is 5.10 Å². The number of hydrogen-bond donors (Lipinski definition) is 1. The quantitative estimate of drug-likeness (QED) is 0.655. The number of amides is 1. The zero-order chi connectivity index (χ0) is 12.6. The molecule has 90 valence electrons. The molecule has 4 heteroatoms. The summed E-state index contributed by atoms with van der Waals surface area (Å²) in [5.74, 6) is -0.215. The van der Waals surface area contributed by atoms with Crippen LogP contribution in [0.1, 0.15) is 16.1 Å². The predicted octanol–water partition coefficient (Wildman–Crippen LogP) is 2.04. The number of pyridine rings is 1. The van der Waals surface area contributed by atoms with Crippen LogP contribution in [0, 0.1) is 0 Å². The number of carbonyl (C=O) groups is 1. The van der Waals surface area contributed by atoms with Crippen LogP contribution in [0.15, 0.2) is 59.8 Å². The second kappa shape index (κ2) is 6.30. The fourth-order valence-electron chi connectivity index (χ4n) is 1.42. The summed E-state index contributed by atoms with van der Waals surface area (Å²) >= 11 is 0. The number of carbonyl (C=O) groups excluding carboxylic acids is 1. The molecule has 0 fully saturated rings. The minimum absolute atomic E-state index is 0.215. The molecule has 2 aromatic rings. The highest BCUT2D eigenvalue weighted by Gasteiger charge is 2.01. The highest BCUT2D eigenvalue weighted by molar-refractivity contribution is 5.94. The van der Waals surface area contributed by atoms with E-state index < -0.39 is 0 Å². The Hall–Kier alpha value is -2.49. The van der Waals surface area contributed by atoms with Gasteiger partial charge in [-0.05, 0) is 24.3 Å². The molecule has 0 saturated carbocycles. The van der Waals surface area contributed by atoms with E-state index in [-0.39, 0.29) is 5.91 Å². The Balaban J connectivity index is 1.83. The van der Waals surface area contributed by atoms with Gasteiger partial charge in [-0.15, -0.1) is 0 Å². The topological polar surface area (TPSA) is 54.4 Å². The van der Waals surface area contributed by atoms with Crippen molar-refractivity contribution in [3.63, 3.8) is 0 Å². The molecule has 18 heavy (non-hydrogen) atoms. The lowest BCUT2D eigenvalue weighted by molar-refractivity contribution is 0.0955. The van der Waals surface area contributed by atoms with E-state index >= 15 is 0 Å². The minimum atomic E-state index is -0.215. The number of nitrogens with zero attached hydrogens (tertiary/aromatic N) is 2. The third-order valence-electron chi connectivity index (χ3n) is 2.32. The molecule has 1 aromatic heterocycles. The number of hydrazone groups is 1. The van der Waals surface area contributed by atoms with Crippen molar-refractivity contribution in [2.24, 2.45) is 5.10 Å². The second-order valence-electron chi connectivity index (χ2n) is 3.64. The van der Waals surface area contributed by atoms with E-state index in [4.69, 9.17) is 0 Å². The number of nitrogens with one attached hydrogen (secondary N) is 1. The molecule has 0 atom stereocenters. The van der Waals surface area contributed by atoms with E-state index in [1.807, 2.05) is 36.4 Å². The first-order valence-corrected chi connectivity index (χ1v) is 5.63. The van der Waals surface area contributed by atoms with Crippen molar-refractivity contribution in [3.05, 3.63) is 66.0 Å². The SMILES string of the molecule is O=C(NN=CCc1ccccn1)c1ccccc1. The third-order valence-corrected chi connectivity index (χ3v) is 2.32. The van der Waals surface area contributed by atoms with Gasteiger partial charge in [-0.25, -0.2) is 5.43 Å². The maximum atomic E-state index is 11.6. The maximum absolute atomic E-state index is 11.6. The molecular weight excluding hydrogens is 226 g/mol. The Kier molecular flexibility index (Phi) is 4.19.